The molecule has 2 aromatic heterocycles. The summed E-state index contributed by atoms with van der Waals surface area (Å²) in [6.45, 7) is 3.72. The Kier molecular flexibility index (Phi) is 6.18. The van der Waals surface area contributed by atoms with Crippen LogP contribution in [0.4, 0.5) is 4.39 Å². The zero-order valence-corrected chi connectivity index (χ0v) is 17.9. The Hall–Kier alpha value is -3.39. The summed E-state index contributed by atoms with van der Waals surface area (Å²) in [4.78, 5) is 12.5. The van der Waals surface area contributed by atoms with Crippen LogP contribution in [0.1, 0.15) is 24.5 Å². The molecule has 1 atom stereocenters. The summed E-state index contributed by atoms with van der Waals surface area (Å²) in [6, 6.07) is 19.3. The average Bonchev–Trinajstić information content (AvgIpc) is 3.39. The second-order valence-corrected chi connectivity index (χ2v) is 7.93. The van der Waals surface area contributed by atoms with Crippen molar-refractivity contribution in [3.05, 3.63) is 84.1 Å². The Labute approximate surface area is 183 Å². The average molecular weight is 437 g/mol. The zero-order valence-electron chi connectivity index (χ0n) is 17.1. The molecule has 158 valence electrons. The van der Waals surface area contributed by atoms with E-state index >= 15 is 0 Å². The van der Waals surface area contributed by atoms with Crippen molar-refractivity contribution in [2.45, 2.75) is 25.0 Å². The van der Waals surface area contributed by atoms with E-state index in [4.69, 9.17) is 4.42 Å². The Morgan fingerprint density at radius 3 is 2.55 bits per heavy atom. The van der Waals surface area contributed by atoms with Crippen LogP contribution in [0.25, 0.3) is 17.1 Å². The van der Waals surface area contributed by atoms with E-state index in [0.717, 1.165) is 11.4 Å². The van der Waals surface area contributed by atoms with Crippen molar-refractivity contribution in [1.82, 2.24) is 20.1 Å². The second kappa shape index (κ2) is 9.18. The third kappa shape index (κ3) is 4.69. The first-order valence-electron chi connectivity index (χ1n) is 9.77. The maximum Gasteiger partial charge on any atom is 0.231 e. The van der Waals surface area contributed by atoms with E-state index in [1.54, 1.807) is 22.8 Å². The summed E-state index contributed by atoms with van der Waals surface area (Å²) in [7, 11) is 0. The zero-order chi connectivity index (χ0) is 21.8. The van der Waals surface area contributed by atoms with Gasteiger partial charge in [0.15, 0.2) is 11.0 Å². The van der Waals surface area contributed by atoms with Gasteiger partial charge in [-0.2, -0.15) is 0 Å². The SMILES string of the molecule is Cc1ccc(C(C)NC(=O)CSc2nnc(-c3ccccc3F)n2-c2ccccc2)o1. The van der Waals surface area contributed by atoms with Gasteiger partial charge in [0.2, 0.25) is 5.91 Å². The lowest BCUT2D eigenvalue weighted by Crippen LogP contribution is -2.28. The van der Waals surface area contributed by atoms with Crippen molar-refractivity contribution in [2.24, 2.45) is 0 Å². The number of aromatic nitrogens is 3. The van der Waals surface area contributed by atoms with E-state index in [1.807, 2.05) is 56.3 Å². The minimum atomic E-state index is -0.385. The Morgan fingerprint density at radius 2 is 1.84 bits per heavy atom. The van der Waals surface area contributed by atoms with Gasteiger partial charge < -0.3 is 9.73 Å². The summed E-state index contributed by atoms with van der Waals surface area (Å²) in [6.07, 6.45) is 0. The number of carbonyl (C=O) groups excluding carboxylic acids is 1. The number of benzene rings is 2. The maximum absolute atomic E-state index is 14.4. The molecule has 0 saturated carbocycles. The number of aryl methyl sites for hydroxylation is 1. The van der Waals surface area contributed by atoms with E-state index in [0.29, 0.717) is 22.3 Å². The van der Waals surface area contributed by atoms with Crippen molar-refractivity contribution in [3.8, 4) is 17.1 Å². The normalized spacial score (nSPS) is 12.0. The largest absolute Gasteiger partial charge is 0.464 e. The molecule has 31 heavy (non-hydrogen) atoms. The molecular formula is C23H21FN4O2S. The summed E-state index contributed by atoms with van der Waals surface area (Å²) in [5.41, 5.74) is 1.13. The highest BCUT2D eigenvalue weighted by atomic mass is 32.2. The quantitative estimate of drug-likeness (QED) is 0.415. The van der Waals surface area contributed by atoms with Crippen molar-refractivity contribution in [2.75, 3.05) is 5.75 Å². The highest BCUT2D eigenvalue weighted by molar-refractivity contribution is 7.99. The molecule has 0 radical (unpaired) electrons. The van der Waals surface area contributed by atoms with E-state index in [2.05, 4.69) is 15.5 Å². The number of para-hydroxylation sites is 1. The van der Waals surface area contributed by atoms with Crippen molar-refractivity contribution >= 4 is 17.7 Å². The minimum Gasteiger partial charge on any atom is -0.464 e. The smallest absolute Gasteiger partial charge is 0.231 e. The number of nitrogens with one attached hydrogen (secondary N) is 1. The summed E-state index contributed by atoms with van der Waals surface area (Å²) >= 11 is 1.24. The summed E-state index contributed by atoms with van der Waals surface area (Å²) < 4.78 is 21.8. The third-order valence-electron chi connectivity index (χ3n) is 4.66. The van der Waals surface area contributed by atoms with Crippen LogP contribution in [0.3, 0.4) is 0 Å². The number of hydrogen-bond donors (Lipinski definition) is 1. The summed E-state index contributed by atoms with van der Waals surface area (Å²) in [5.74, 6) is 1.45. The molecule has 0 fully saturated rings. The molecule has 6 nitrogen and oxygen atoms in total. The lowest BCUT2D eigenvalue weighted by Gasteiger charge is -2.12. The molecule has 0 spiro atoms. The first-order valence-corrected chi connectivity index (χ1v) is 10.8. The van der Waals surface area contributed by atoms with E-state index in [-0.39, 0.29) is 23.5 Å². The molecule has 4 rings (SSSR count). The van der Waals surface area contributed by atoms with Gasteiger partial charge in [-0.1, -0.05) is 42.1 Å². The third-order valence-corrected chi connectivity index (χ3v) is 5.59. The molecular weight excluding hydrogens is 415 g/mol. The molecule has 8 heteroatoms. The molecule has 2 aromatic carbocycles. The Bertz CT molecular complexity index is 1190. The number of nitrogens with zero attached hydrogens (tertiary/aromatic N) is 3. The number of halogens is 1. The molecule has 4 aromatic rings. The minimum absolute atomic E-state index is 0.131. The first kappa shape index (κ1) is 20.9. The molecule has 1 amide bonds. The highest BCUT2D eigenvalue weighted by Crippen LogP contribution is 2.29. The van der Waals surface area contributed by atoms with Crippen LogP contribution in [-0.2, 0) is 4.79 Å². The predicted molar refractivity (Wildman–Crippen MR) is 117 cm³/mol. The van der Waals surface area contributed by atoms with Gasteiger partial charge >= 0.3 is 0 Å². The number of rotatable bonds is 7. The fourth-order valence-corrected chi connectivity index (χ4v) is 3.92. The van der Waals surface area contributed by atoms with Crippen LogP contribution in [-0.4, -0.2) is 26.4 Å². The van der Waals surface area contributed by atoms with Gasteiger partial charge in [0.25, 0.3) is 0 Å². The van der Waals surface area contributed by atoms with E-state index < -0.39 is 0 Å². The van der Waals surface area contributed by atoms with Crippen LogP contribution in [0.2, 0.25) is 0 Å². The molecule has 1 N–H and O–H groups in total. The van der Waals surface area contributed by atoms with Crippen LogP contribution >= 0.6 is 11.8 Å². The van der Waals surface area contributed by atoms with Gasteiger partial charge in [-0.05, 0) is 50.2 Å². The lowest BCUT2D eigenvalue weighted by molar-refractivity contribution is -0.119. The number of amides is 1. The molecule has 0 saturated heterocycles. The molecule has 0 aliphatic heterocycles. The number of hydrogen-bond acceptors (Lipinski definition) is 5. The molecule has 0 aliphatic rings. The fraction of sp³-hybridized carbons (Fsp3) is 0.174. The van der Waals surface area contributed by atoms with Crippen molar-refractivity contribution < 1.29 is 13.6 Å². The summed E-state index contributed by atoms with van der Waals surface area (Å²) in [5, 5.41) is 11.9. The van der Waals surface area contributed by atoms with Gasteiger partial charge in [0, 0.05) is 5.69 Å². The lowest BCUT2D eigenvalue weighted by atomic mass is 10.2. The van der Waals surface area contributed by atoms with Crippen LogP contribution in [0.15, 0.2) is 76.3 Å². The maximum atomic E-state index is 14.4. The predicted octanol–water partition coefficient (Wildman–Crippen LogP) is 4.94. The van der Waals surface area contributed by atoms with Crippen LogP contribution in [0, 0.1) is 12.7 Å². The van der Waals surface area contributed by atoms with E-state index in [1.165, 1.54) is 17.8 Å². The van der Waals surface area contributed by atoms with Crippen molar-refractivity contribution in [3.63, 3.8) is 0 Å². The van der Waals surface area contributed by atoms with Gasteiger partial charge in [-0.25, -0.2) is 4.39 Å². The van der Waals surface area contributed by atoms with E-state index in [9.17, 15) is 9.18 Å². The Balaban J connectivity index is 1.56. The molecule has 2 heterocycles. The fourth-order valence-electron chi connectivity index (χ4n) is 3.16. The monoisotopic (exact) mass is 436 g/mol. The number of thioether (sulfide) groups is 1. The van der Waals surface area contributed by atoms with Gasteiger partial charge in [-0.3, -0.25) is 9.36 Å². The molecule has 0 bridgehead atoms. The molecule has 0 aliphatic carbocycles. The standard InChI is InChI=1S/C23H21FN4O2S/c1-15-12-13-20(30-15)16(2)25-21(29)14-31-23-27-26-22(18-10-6-7-11-19(18)24)28(23)17-8-4-3-5-9-17/h3-13,16H,14H2,1-2H3,(H,25,29). The van der Waals surface area contributed by atoms with Gasteiger partial charge in [0.05, 0.1) is 17.4 Å². The van der Waals surface area contributed by atoms with Crippen LogP contribution < -0.4 is 5.32 Å². The molecule has 1 unspecified atom stereocenters. The first-order chi connectivity index (χ1) is 15.0. The Morgan fingerprint density at radius 1 is 1.10 bits per heavy atom. The topological polar surface area (TPSA) is 73.0 Å². The highest BCUT2D eigenvalue weighted by Gasteiger charge is 2.20. The number of carbonyl (C=O) groups is 1. The van der Waals surface area contributed by atoms with Crippen LogP contribution in [0.5, 0.6) is 0 Å². The van der Waals surface area contributed by atoms with Crippen molar-refractivity contribution in [1.29, 1.82) is 0 Å². The van der Waals surface area contributed by atoms with Gasteiger partial charge in [-0.15, -0.1) is 10.2 Å². The number of furan rings is 1. The second-order valence-electron chi connectivity index (χ2n) is 6.98. The van der Waals surface area contributed by atoms with Gasteiger partial charge in [0.1, 0.15) is 17.3 Å².